The van der Waals surface area contributed by atoms with Gasteiger partial charge in [0.1, 0.15) is 5.01 Å². The Hall–Kier alpha value is -0.410. The van der Waals surface area contributed by atoms with Crippen molar-refractivity contribution in [2.75, 3.05) is 0 Å². The standard InChI is InChI=1S/C7H11NOS/c1-3-6-5(2)10-7(4-9)8-6/h9H,3-4H2,1-2H3. The molecule has 0 fully saturated rings. The highest BCUT2D eigenvalue weighted by Crippen LogP contribution is 2.17. The molecule has 56 valence electrons. The van der Waals surface area contributed by atoms with Crippen LogP contribution in [-0.2, 0) is 13.0 Å². The van der Waals surface area contributed by atoms with Gasteiger partial charge in [0.2, 0.25) is 0 Å². The predicted octanol–water partition coefficient (Wildman–Crippen LogP) is 1.51. The van der Waals surface area contributed by atoms with Crippen LogP contribution < -0.4 is 0 Å². The minimum absolute atomic E-state index is 0.0749. The van der Waals surface area contributed by atoms with Crippen LogP contribution in [-0.4, -0.2) is 10.1 Å². The summed E-state index contributed by atoms with van der Waals surface area (Å²) in [5, 5.41) is 9.55. The van der Waals surface area contributed by atoms with E-state index in [4.69, 9.17) is 5.11 Å². The third-order valence-corrected chi connectivity index (χ3v) is 2.40. The topological polar surface area (TPSA) is 33.1 Å². The van der Waals surface area contributed by atoms with Gasteiger partial charge in [0.25, 0.3) is 0 Å². The highest BCUT2D eigenvalue weighted by atomic mass is 32.1. The van der Waals surface area contributed by atoms with Crippen molar-refractivity contribution in [2.24, 2.45) is 0 Å². The first-order chi connectivity index (χ1) is 4.77. The van der Waals surface area contributed by atoms with Crippen LogP contribution >= 0.6 is 11.3 Å². The smallest absolute Gasteiger partial charge is 0.119 e. The van der Waals surface area contributed by atoms with Crippen LogP contribution in [0.15, 0.2) is 0 Å². The zero-order valence-electron chi connectivity index (χ0n) is 6.22. The van der Waals surface area contributed by atoms with Crippen molar-refractivity contribution >= 4 is 11.3 Å². The average molecular weight is 157 g/mol. The fraction of sp³-hybridized carbons (Fsp3) is 0.571. The third-order valence-electron chi connectivity index (χ3n) is 1.41. The first-order valence-corrected chi connectivity index (χ1v) is 4.15. The van der Waals surface area contributed by atoms with Gasteiger partial charge in [-0.15, -0.1) is 11.3 Å². The van der Waals surface area contributed by atoms with Crippen LogP contribution in [0.1, 0.15) is 22.5 Å². The zero-order valence-corrected chi connectivity index (χ0v) is 7.03. The predicted molar refractivity (Wildman–Crippen MR) is 42.2 cm³/mol. The van der Waals surface area contributed by atoms with Gasteiger partial charge in [-0.25, -0.2) is 4.98 Å². The maximum atomic E-state index is 8.72. The van der Waals surface area contributed by atoms with Crippen LogP contribution in [0.25, 0.3) is 0 Å². The Morgan fingerprint density at radius 3 is 2.60 bits per heavy atom. The quantitative estimate of drug-likeness (QED) is 0.705. The molecule has 0 aliphatic rings. The Kier molecular flexibility index (Phi) is 2.40. The maximum absolute atomic E-state index is 8.72. The zero-order chi connectivity index (χ0) is 7.56. The van der Waals surface area contributed by atoms with Gasteiger partial charge in [-0.05, 0) is 13.3 Å². The summed E-state index contributed by atoms with van der Waals surface area (Å²) in [6.45, 7) is 4.18. The van der Waals surface area contributed by atoms with Crippen molar-refractivity contribution in [1.82, 2.24) is 4.98 Å². The first-order valence-electron chi connectivity index (χ1n) is 3.34. The first kappa shape index (κ1) is 7.69. The fourth-order valence-corrected chi connectivity index (χ4v) is 1.76. The van der Waals surface area contributed by atoms with E-state index in [1.54, 1.807) is 11.3 Å². The fourth-order valence-electron chi connectivity index (χ4n) is 0.883. The van der Waals surface area contributed by atoms with Gasteiger partial charge in [0.15, 0.2) is 0 Å². The molecule has 2 nitrogen and oxygen atoms in total. The molecule has 1 aromatic rings. The summed E-state index contributed by atoms with van der Waals surface area (Å²) in [5.41, 5.74) is 1.12. The van der Waals surface area contributed by atoms with E-state index < -0.39 is 0 Å². The van der Waals surface area contributed by atoms with Crippen molar-refractivity contribution in [1.29, 1.82) is 0 Å². The molecule has 0 atom stereocenters. The molecule has 0 aromatic carbocycles. The molecule has 0 saturated carbocycles. The molecule has 1 heterocycles. The minimum Gasteiger partial charge on any atom is -0.389 e. The lowest BCUT2D eigenvalue weighted by Gasteiger charge is -1.86. The number of nitrogens with zero attached hydrogens (tertiary/aromatic N) is 1. The average Bonchev–Trinajstić information content (AvgIpc) is 2.30. The van der Waals surface area contributed by atoms with E-state index in [-0.39, 0.29) is 6.61 Å². The summed E-state index contributed by atoms with van der Waals surface area (Å²) in [5.74, 6) is 0. The molecule has 0 radical (unpaired) electrons. The van der Waals surface area contributed by atoms with Gasteiger partial charge in [0, 0.05) is 4.88 Å². The molecule has 0 unspecified atom stereocenters. The second-order valence-corrected chi connectivity index (χ2v) is 3.41. The lowest BCUT2D eigenvalue weighted by molar-refractivity contribution is 0.281. The van der Waals surface area contributed by atoms with E-state index in [9.17, 15) is 0 Å². The molecule has 0 spiro atoms. The van der Waals surface area contributed by atoms with Crippen LogP contribution in [0, 0.1) is 6.92 Å². The summed E-state index contributed by atoms with van der Waals surface area (Å²) in [7, 11) is 0. The molecule has 3 heteroatoms. The normalized spacial score (nSPS) is 10.3. The second kappa shape index (κ2) is 3.12. The van der Waals surface area contributed by atoms with E-state index in [1.165, 1.54) is 4.88 Å². The summed E-state index contributed by atoms with van der Waals surface area (Å²) in [4.78, 5) is 5.44. The molecule has 0 amide bonds. The summed E-state index contributed by atoms with van der Waals surface area (Å²) in [6.07, 6.45) is 0.961. The molecule has 0 aliphatic carbocycles. The summed E-state index contributed by atoms with van der Waals surface area (Å²) in [6, 6.07) is 0. The van der Waals surface area contributed by atoms with Crippen LogP contribution in [0.2, 0.25) is 0 Å². The number of aliphatic hydroxyl groups is 1. The highest BCUT2D eigenvalue weighted by molar-refractivity contribution is 7.11. The Morgan fingerprint density at radius 1 is 1.60 bits per heavy atom. The number of hydrogen-bond donors (Lipinski definition) is 1. The van der Waals surface area contributed by atoms with Crippen molar-refractivity contribution in [3.63, 3.8) is 0 Å². The van der Waals surface area contributed by atoms with Gasteiger partial charge in [0.05, 0.1) is 12.3 Å². The SMILES string of the molecule is CCc1nc(CO)sc1C. The molecular weight excluding hydrogens is 146 g/mol. The lowest BCUT2D eigenvalue weighted by atomic mass is 10.3. The number of hydrogen-bond acceptors (Lipinski definition) is 3. The van der Waals surface area contributed by atoms with Crippen molar-refractivity contribution in [3.05, 3.63) is 15.6 Å². The van der Waals surface area contributed by atoms with Crippen LogP contribution in [0.5, 0.6) is 0 Å². The monoisotopic (exact) mass is 157 g/mol. The van der Waals surface area contributed by atoms with Crippen molar-refractivity contribution < 1.29 is 5.11 Å². The summed E-state index contributed by atoms with van der Waals surface area (Å²) >= 11 is 1.58. The van der Waals surface area contributed by atoms with Crippen molar-refractivity contribution in [3.8, 4) is 0 Å². The van der Waals surface area contributed by atoms with E-state index in [0.717, 1.165) is 17.1 Å². The number of aryl methyl sites for hydroxylation is 2. The lowest BCUT2D eigenvalue weighted by Crippen LogP contribution is -1.84. The van der Waals surface area contributed by atoms with E-state index >= 15 is 0 Å². The highest BCUT2D eigenvalue weighted by Gasteiger charge is 2.02. The molecule has 10 heavy (non-hydrogen) atoms. The van der Waals surface area contributed by atoms with E-state index in [2.05, 4.69) is 11.9 Å². The molecule has 1 rings (SSSR count). The van der Waals surface area contributed by atoms with Gasteiger partial charge in [-0.1, -0.05) is 6.92 Å². The van der Waals surface area contributed by atoms with Gasteiger partial charge in [-0.3, -0.25) is 0 Å². The molecule has 0 aliphatic heterocycles. The van der Waals surface area contributed by atoms with Gasteiger partial charge >= 0.3 is 0 Å². The molecule has 0 bridgehead atoms. The molecular formula is C7H11NOS. The Bertz CT molecular complexity index is 219. The Labute approximate surface area is 64.5 Å². The van der Waals surface area contributed by atoms with Crippen LogP contribution in [0.3, 0.4) is 0 Å². The minimum atomic E-state index is 0.0749. The number of rotatable bonds is 2. The number of aliphatic hydroxyl groups excluding tert-OH is 1. The maximum Gasteiger partial charge on any atom is 0.119 e. The third kappa shape index (κ3) is 1.36. The second-order valence-electron chi connectivity index (χ2n) is 2.12. The molecule has 0 saturated heterocycles. The van der Waals surface area contributed by atoms with Crippen molar-refractivity contribution in [2.45, 2.75) is 26.9 Å². The Morgan fingerprint density at radius 2 is 2.30 bits per heavy atom. The number of thiazole rings is 1. The molecule has 1 N–H and O–H groups in total. The van der Waals surface area contributed by atoms with Crippen LogP contribution in [0.4, 0.5) is 0 Å². The van der Waals surface area contributed by atoms with E-state index in [1.807, 2.05) is 6.92 Å². The van der Waals surface area contributed by atoms with Gasteiger partial charge in [-0.2, -0.15) is 0 Å². The van der Waals surface area contributed by atoms with E-state index in [0.29, 0.717) is 0 Å². The largest absolute Gasteiger partial charge is 0.389 e. The number of aromatic nitrogens is 1. The van der Waals surface area contributed by atoms with Gasteiger partial charge < -0.3 is 5.11 Å². The molecule has 1 aromatic heterocycles. The Balaban J connectivity index is 2.92. The summed E-state index contributed by atoms with van der Waals surface area (Å²) < 4.78 is 0.